The van der Waals surface area contributed by atoms with E-state index in [-0.39, 0.29) is 0 Å². The third-order valence-corrected chi connectivity index (χ3v) is 23.9. The van der Waals surface area contributed by atoms with E-state index in [0.717, 1.165) is 34.1 Å². The highest BCUT2D eigenvalue weighted by Gasteiger charge is 2.26. The number of aromatic nitrogens is 2. The van der Waals surface area contributed by atoms with Gasteiger partial charge in [-0.1, -0.05) is 352 Å². The van der Waals surface area contributed by atoms with E-state index in [1.54, 1.807) is 0 Å². The lowest BCUT2D eigenvalue weighted by Gasteiger charge is -2.28. The molecule has 0 aliphatic rings. The number of para-hydroxylation sites is 1. The maximum Gasteiger partial charge on any atom is 0.0620 e. The second-order valence-corrected chi connectivity index (χ2v) is 30.6. The maximum atomic E-state index is 2.42. The van der Waals surface area contributed by atoms with Crippen LogP contribution in [0, 0.1) is 0 Å². The first-order valence-corrected chi connectivity index (χ1v) is 40.6. The van der Waals surface area contributed by atoms with Crippen molar-refractivity contribution in [1.29, 1.82) is 0 Å². The number of benzene rings is 19. The minimum atomic E-state index is 1.09. The topological polar surface area (TPSA) is 15.3 Å². The van der Waals surface area contributed by atoms with Gasteiger partial charge in [0.25, 0.3) is 0 Å². The van der Waals surface area contributed by atoms with Gasteiger partial charge >= 0.3 is 0 Å². The Balaban J connectivity index is 0.000000142. The highest BCUT2D eigenvalue weighted by Crippen LogP contribution is 2.51. The van der Waals surface area contributed by atoms with Crippen LogP contribution in [0.25, 0.3) is 175 Å². The fraction of sp³-hybridized carbons (Fsp3) is 0. The average Bonchev–Trinajstić information content (AvgIpc) is 1.53. The minimum Gasteiger partial charge on any atom is -0.315 e. The van der Waals surface area contributed by atoms with Gasteiger partial charge in [0.15, 0.2) is 0 Å². The summed E-state index contributed by atoms with van der Waals surface area (Å²) in [5.41, 5.74) is 28.5. The van der Waals surface area contributed by atoms with Crippen LogP contribution < -0.4 is 9.80 Å². The summed E-state index contributed by atoms with van der Waals surface area (Å²) in [7, 11) is 0. The molecule has 0 unspecified atom stereocenters. The second kappa shape index (κ2) is 29.4. The molecule has 0 radical (unpaired) electrons. The summed E-state index contributed by atoms with van der Waals surface area (Å²) in [5.74, 6) is 0. The zero-order valence-electron chi connectivity index (χ0n) is 64.7. The molecule has 4 heterocycles. The van der Waals surface area contributed by atoms with Gasteiger partial charge in [-0.25, -0.2) is 0 Å². The molecule has 23 aromatic rings. The lowest BCUT2D eigenvalue weighted by Crippen LogP contribution is -2.10. The smallest absolute Gasteiger partial charge is 0.0620 e. The number of hydrogen-bond donors (Lipinski definition) is 0. The SMILES string of the molecule is c1ccc(-c2cc(-c3ccccc3)cc(N(c3ccccc3)c3ccc(-c4cccc5c4c4ccccc4c4c5c(-c5ccccc5)c5ccccn54)cc3)c2)cc1.c1ccc(-c2ccc(N(c3ccc(-c4cccc5c4c4ccccc4c4c5c(-c5ccccc5)c5ccccn54)cc3)c3cc4ccccc4c4ccccc34)cc2)cc1. The van der Waals surface area contributed by atoms with Crippen molar-refractivity contribution < 1.29 is 0 Å². The molecule has 0 saturated heterocycles. The van der Waals surface area contributed by atoms with Crippen LogP contribution in [0.3, 0.4) is 0 Å². The molecule has 0 spiro atoms. The van der Waals surface area contributed by atoms with Crippen LogP contribution in [-0.4, -0.2) is 8.80 Å². The lowest BCUT2D eigenvalue weighted by atomic mass is 9.89. The standard InChI is InChI=1S/C58H38N2.C56H38N2/c1-3-16-39(17-4-1)40-29-33-44(34-30-40)60(54-38-43-20-7-8-21-46(43)48-22-9-10-23-49(48)54)45-35-31-41(32-36-45)47-26-15-27-52-56(47)50-24-11-12-25-51(50)58-57(52)55(42-18-5-2-6-19-42)53-28-13-14-37-59(53)58;1-5-18-39(19-6-1)43-36-44(40-20-7-2-8-21-40)38-47(37-43)58(45-24-11-4-12-25-45)46-33-31-41(32-34-46)48-28-17-29-51-54(48)49-26-13-14-27-50(49)56-55(51)53(42-22-9-3-10-23-42)52-30-15-16-35-57(52)56/h1-38H;1-38H. The Morgan fingerprint density at radius 2 is 0.500 bits per heavy atom. The fourth-order valence-corrected chi connectivity index (χ4v) is 18.7. The Hall–Kier alpha value is -15.6. The molecule has 0 amide bonds. The first-order chi connectivity index (χ1) is 58.6. The molecule has 23 rings (SSSR count). The van der Waals surface area contributed by atoms with Gasteiger partial charge in [-0.3, -0.25) is 0 Å². The van der Waals surface area contributed by atoms with Crippen molar-refractivity contribution in [3.63, 3.8) is 0 Å². The van der Waals surface area contributed by atoms with Crippen molar-refractivity contribution >= 4 is 132 Å². The highest BCUT2D eigenvalue weighted by molar-refractivity contribution is 6.34. The van der Waals surface area contributed by atoms with Crippen molar-refractivity contribution in [3.8, 4) is 77.9 Å². The first-order valence-electron chi connectivity index (χ1n) is 40.6. The Labute approximate surface area is 684 Å². The molecule has 0 saturated carbocycles. The third-order valence-electron chi connectivity index (χ3n) is 23.9. The van der Waals surface area contributed by atoms with Crippen LogP contribution in [0.1, 0.15) is 0 Å². The molecule has 0 atom stereocenters. The monoisotopic (exact) mass is 1500 g/mol. The Morgan fingerprint density at radius 1 is 0.169 bits per heavy atom. The zero-order valence-corrected chi connectivity index (χ0v) is 64.7. The predicted octanol–water partition coefficient (Wildman–Crippen LogP) is 31.7. The Kier molecular flexibility index (Phi) is 17.2. The van der Waals surface area contributed by atoms with Gasteiger partial charge in [-0.05, 0) is 212 Å². The predicted molar refractivity (Wildman–Crippen MR) is 502 cm³/mol. The number of fused-ring (bicyclic) bond motifs is 19. The largest absolute Gasteiger partial charge is 0.315 e. The van der Waals surface area contributed by atoms with Gasteiger partial charge < -0.3 is 18.6 Å². The van der Waals surface area contributed by atoms with Crippen molar-refractivity contribution in [2.45, 2.75) is 0 Å². The molecule has 0 N–H and O–H groups in total. The first kappa shape index (κ1) is 69.1. The molecule has 4 aromatic heterocycles. The molecule has 0 aliphatic heterocycles. The second-order valence-electron chi connectivity index (χ2n) is 30.6. The van der Waals surface area contributed by atoms with Crippen molar-refractivity contribution in [2.75, 3.05) is 9.80 Å². The van der Waals surface area contributed by atoms with Crippen LogP contribution in [0.5, 0.6) is 0 Å². The van der Waals surface area contributed by atoms with E-state index in [2.05, 4.69) is 480 Å². The molecule has 4 nitrogen and oxygen atoms in total. The van der Waals surface area contributed by atoms with Crippen LogP contribution in [0.2, 0.25) is 0 Å². The van der Waals surface area contributed by atoms with Crippen molar-refractivity contribution in [3.05, 3.63) is 461 Å². The molecular weight excluding hydrogens is 1430 g/mol. The number of hydrogen-bond acceptors (Lipinski definition) is 2. The van der Waals surface area contributed by atoms with Gasteiger partial charge in [0.05, 0.1) is 27.8 Å². The zero-order chi connectivity index (χ0) is 78.0. The van der Waals surface area contributed by atoms with Gasteiger partial charge in [-0.15, -0.1) is 0 Å². The van der Waals surface area contributed by atoms with E-state index in [4.69, 9.17) is 0 Å². The number of rotatable bonds is 13. The van der Waals surface area contributed by atoms with E-state index in [9.17, 15) is 0 Å². The van der Waals surface area contributed by atoms with E-state index in [0.29, 0.717) is 0 Å². The quantitative estimate of drug-likeness (QED) is 0.107. The van der Waals surface area contributed by atoms with Crippen molar-refractivity contribution in [1.82, 2.24) is 8.80 Å². The van der Waals surface area contributed by atoms with Gasteiger partial charge in [-0.2, -0.15) is 0 Å². The Bertz CT molecular complexity index is 7680. The van der Waals surface area contributed by atoms with E-state index in [1.807, 2.05) is 0 Å². The van der Waals surface area contributed by atoms with Crippen LogP contribution in [0.4, 0.5) is 34.1 Å². The molecule has 0 bridgehead atoms. The lowest BCUT2D eigenvalue weighted by molar-refractivity contribution is 1.26. The van der Waals surface area contributed by atoms with Crippen molar-refractivity contribution in [2.24, 2.45) is 0 Å². The maximum absolute atomic E-state index is 2.42. The average molecular weight is 1500 g/mol. The summed E-state index contributed by atoms with van der Waals surface area (Å²) in [6.45, 7) is 0. The molecule has 0 aliphatic carbocycles. The summed E-state index contributed by atoms with van der Waals surface area (Å²) in [6.07, 6.45) is 4.42. The molecule has 118 heavy (non-hydrogen) atoms. The normalized spacial score (nSPS) is 11.6. The van der Waals surface area contributed by atoms with Gasteiger partial charge in [0.2, 0.25) is 0 Å². The number of pyridine rings is 2. The summed E-state index contributed by atoms with van der Waals surface area (Å²) in [4.78, 5) is 4.80. The van der Waals surface area contributed by atoms with Gasteiger partial charge in [0.1, 0.15) is 0 Å². The summed E-state index contributed by atoms with van der Waals surface area (Å²) < 4.78 is 4.77. The molecule has 4 heteroatoms. The minimum absolute atomic E-state index is 1.09. The molecular formula is C114H76N4. The van der Waals surface area contributed by atoms with Crippen LogP contribution in [0.15, 0.2) is 461 Å². The highest BCUT2D eigenvalue weighted by atomic mass is 15.1. The molecule has 552 valence electrons. The Morgan fingerprint density at radius 3 is 0.958 bits per heavy atom. The molecule has 19 aromatic carbocycles. The fourth-order valence-electron chi connectivity index (χ4n) is 18.7. The van der Waals surface area contributed by atoms with E-state index >= 15 is 0 Å². The summed E-state index contributed by atoms with van der Waals surface area (Å²) >= 11 is 0. The van der Waals surface area contributed by atoms with E-state index < -0.39 is 0 Å². The number of anilines is 6. The van der Waals surface area contributed by atoms with E-state index in [1.165, 1.54) is 175 Å². The van der Waals surface area contributed by atoms with Crippen LogP contribution in [-0.2, 0) is 0 Å². The van der Waals surface area contributed by atoms with Crippen LogP contribution >= 0.6 is 0 Å². The number of nitrogens with zero attached hydrogens (tertiary/aromatic N) is 4. The molecule has 0 fully saturated rings. The van der Waals surface area contributed by atoms with Gasteiger partial charge in [0, 0.05) is 78.9 Å². The summed E-state index contributed by atoms with van der Waals surface area (Å²) in [5, 5.41) is 17.6. The third kappa shape index (κ3) is 11.9. The summed E-state index contributed by atoms with van der Waals surface area (Å²) in [6, 6.07) is 163.